The quantitative estimate of drug-likeness (QED) is 0.440. The highest BCUT2D eigenvalue weighted by Crippen LogP contribution is 2.29. The van der Waals surface area contributed by atoms with E-state index in [4.69, 9.17) is 16.2 Å². The number of benzene rings is 1. The van der Waals surface area contributed by atoms with Crippen LogP contribution in [0.5, 0.6) is 5.75 Å². The van der Waals surface area contributed by atoms with Gasteiger partial charge >= 0.3 is 0 Å². The van der Waals surface area contributed by atoms with Crippen LogP contribution < -0.4 is 16.2 Å². The largest absolute Gasteiger partial charge is 0.496 e. The third-order valence-electron chi connectivity index (χ3n) is 5.22. The van der Waals surface area contributed by atoms with Gasteiger partial charge in [0.15, 0.2) is 0 Å². The topological polar surface area (TPSA) is 111 Å². The Kier molecular flexibility index (Phi) is 7.16. The van der Waals surface area contributed by atoms with Crippen molar-refractivity contribution in [2.75, 3.05) is 51.3 Å². The van der Waals surface area contributed by atoms with Crippen LogP contribution >= 0.6 is 12.6 Å². The number of nitrogen functional groups attached to an aromatic ring is 2. The molecule has 1 aromatic heterocycles. The van der Waals surface area contributed by atoms with E-state index in [0.29, 0.717) is 29.4 Å². The van der Waals surface area contributed by atoms with Crippen LogP contribution in [0.4, 0.5) is 11.6 Å². The molecule has 3 rings (SSSR count). The monoisotopic (exact) mass is 416 g/mol. The SMILES string of the molecule is COc1ccccc1Cc1c(N)nc(C(S)CCN2CCN(C=O)CC2)nc1N. The number of aromatic nitrogens is 2. The Morgan fingerprint density at radius 2 is 1.83 bits per heavy atom. The first-order chi connectivity index (χ1) is 14.0. The van der Waals surface area contributed by atoms with Crippen LogP contribution in [-0.2, 0) is 11.2 Å². The minimum Gasteiger partial charge on any atom is -0.496 e. The number of nitrogens with two attached hydrogens (primary N) is 2. The van der Waals surface area contributed by atoms with Crippen molar-refractivity contribution >= 4 is 30.7 Å². The second-order valence-electron chi connectivity index (χ2n) is 7.11. The molecular weight excluding hydrogens is 388 g/mol. The first-order valence-corrected chi connectivity index (χ1v) is 10.2. The van der Waals surface area contributed by atoms with Gasteiger partial charge in [0.05, 0.1) is 12.4 Å². The van der Waals surface area contributed by atoms with Gasteiger partial charge in [-0.2, -0.15) is 12.6 Å². The molecule has 8 nitrogen and oxygen atoms in total. The van der Waals surface area contributed by atoms with Crippen LogP contribution in [0.1, 0.15) is 28.6 Å². The van der Waals surface area contributed by atoms with E-state index >= 15 is 0 Å². The number of carbonyl (C=O) groups is 1. The molecular formula is C20H28N6O2S. The van der Waals surface area contributed by atoms with E-state index in [-0.39, 0.29) is 5.25 Å². The Hall–Kier alpha value is -2.52. The molecule has 9 heteroatoms. The first-order valence-electron chi connectivity index (χ1n) is 9.65. The summed E-state index contributed by atoms with van der Waals surface area (Å²) in [6, 6.07) is 7.73. The third-order valence-corrected chi connectivity index (χ3v) is 5.71. The van der Waals surface area contributed by atoms with Crippen LogP contribution in [0.15, 0.2) is 24.3 Å². The number of hydrogen-bond acceptors (Lipinski definition) is 8. The maximum absolute atomic E-state index is 10.8. The van der Waals surface area contributed by atoms with E-state index in [1.54, 1.807) is 12.0 Å². The Morgan fingerprint density at radius 3 is 2.45 bits per heavy atom. The zero-order valence-corrected chi connectivity index (χ0v) is 17.5. The summed E-state index contributed by atoms with van der Waals surface area (Å²) in [7, 11) is 1.63. The van der Waals surface area contributed by atoms with Crippen LogP contribution in [0.25, 0.3) is 0 Å². The molecule has 1 fully saturated rings. The second-order valence-corrected chi connectivity index (χ2v) is 7.73. The van der Waals surface area contributed by atoms with Gasteiger partial charge in [-0.3, -0.25) is 9.69 Å². The van der Waals surface area contributed by atoms with Crippen molar-refractivity contribution < 1.29 is 9.53 Å². The number of piperazine rings is 1. The van der Waals surface area contributed by atoms with Gasteiger partial charge in [-0.05, 0) is 24.6 Å². The van der Waals surface area contributed by atoms with Crippen molar-refractivity contribution in [2.45, 2.75) is 18.1 Å². The standard InChI is InChI=1S/C20H28N6O2S/c1-28-16-5-3-2-4-14(16)12-15-18(21)23-20(24-19(15)22)17(29)6-7-25-8-10-26(13-27)11-9-25/h2-5,13,17,29H,6-12H2,1H3,(H4,21,22,23,24). The molecule has 4 N–H and O–H groups in total. The average Bonchev–Trinajstić information content (AvgIpc) is 2.75. The van der Waals surface area contributed by atoms with Crippen LogP contribution in [0.3, 0.4) is 0 Å². The van der Waals surface area contributed by atoms with E-state index in [0.717, 1.165) is 56.9 Å². The molecule has 0 bridgehead atoms. The number of hydrogen-bond donors (Lipinski definition) is 3. The first kappa shape index (κ1) is 21.2. The highest BCUT2D eigenvalue weighted by molar-refractivity contribution is 7.80. The summed E-state index contributed by atoms with van der Waals surface area (Å²) in [6.45, 7) is 4.10. The van der Waals surface area contributed by atoms with Crippen molar-refractivity contribution in [1.29, 1.82) is 0 Å². The minimum absolute atomic E-state index is 0.163. The molecule has 1 saturated heterocycles. The second kappa shape index (κ2) is 9.80. The number of para-hydroxylation sites is 1. The fourth-order valence-corrected chi connectivity index (χ4v) is 3.66. The average molecular weight is 417 g/mol. The molecule has 2 heterocycles. The Balaban J connectivity index is 1.64. The number of carbonyl (C=O) groups excluding carboxylic acids is 1. The Labute approximate surface area is 176 Å². The van der Waals surface area contributed by atoms with Crippen LogP contribution in [-0.4, -0.2) is 66.0 Å². The molecule has 156 valence electrons. The molecule has 2 aromatic rings. The van der Waals surface area contributed by atoms with Gasteiger partial charge < -0.3 is 21.1 Å². The fraction of sp³-hybridized carbons (Fsp3) is 0.450. The molecule has 1 amide bonds. The molecule has 1 aromatic carbocycles. The summed E-state index contributed by atoms with van der Waals surface area (Å²) in [5.41, 5.74) is 14.1. The molecule has 1 aliphatic heterocycles. The van der Waals surface area contributed by atoms with E-state index in [9.17, 15) is 4.79 Å². The van der Waals surface area contributed by atoms with Gasteiger partial charge in [0.25, 0.3) is 0 Å². The number of amides is 1. The van der Waals surface area contributed by atoms with Crippen LogP contribution in [0.2, 0.25) is 0 Å². The van der Waals surface area contributed by atoms with Gasteiger partial charge in [-0.25, -0.2) is 9.97 Å². The molecule has 1 atom stereocenters. The van der Waals surface area contributed by atoms with E-state index in [2.05, 4.69) is 27.5 Å². The summed E-state index contributed by atoms with van der Waals surface area (Å²) in [5, 5.41) is -0.163. The summed E-state index contributed by atoms with van der Waals surface area (Å²) >= 11 is 4.67. The number of nitrogens with zero attached hydrogens (tertiary/aromatic N) is 4. The lowest BCUT2D eigenvalue weighted by Crippen LogP contribution is -2.45. The van der Waals surface area contributed by atoms with Gasteiger partial charge in [-0.15, -0.1) is 0 Å². The highest BCUT2D eigenvalue weighted by atomic mass is 32.1. The fourth-order valence-electron chi connectivity index (χ4n) is 3.43. The molecule has 1 aliphatic rings. The lowest BCUT2D eigenvalue weighted by molar-refractivity contribution is -0.119. The molecule has 29 heavy (non-hydrogen) atoms. The number of anilines is 2. The Morgan fingerprint density at radius 1 is 1.17 bits per heavy atom. The van der Waals surface area contributed by atoms with Gasteiger partial charge in [0.1, 0.15) is 23.2 Å². The van der Waals surface area contributed by atoms with Gasteiger partial charge in [-0.1, -0.05) is 18.2 Å². The third kappa shape index (κ3) is 5.30. The molecule has 0 aliphatic carbocycles. The van der Waals surface area contributed by atoms with Gasteiger partial charge in [0.2, 0.25) is 6.41 Å². The minimum atomic E-state index is -0.163. The van der Waals surface area contributed by atoms with E-state index in [1.165, 1.54) is 0 Å². The zero-order chi connectivity index (χ0) is 20.8. The Bertz CT molecular complexity index is 818. The van der Waals surface area contributed by atoms with Crippen molar-refractivity contribution in [3.63, 3.8) is 0 Å². The smallest absolute Gasteiger partial charge is 0.209 e. The molecule has 0 radical (unpaired) electrons. The molecule has 0 saturated carbocycles. The number of ether oxygens (including phenoxy) is 1. The predicted octanol–water partition coefficient (Wildman–Crippen LogP) is 1.38. The van der Waals surface area contributed by atoms with Crippen molar-refractivity contribution in [3.8, 4) is 5.75 Å². The number of thiol groups is 1. The van der Waals surface area contributed by atoms with Crippen molar-refractivity contribution in [1.82, 2.24) is 19.8 Å². The van der Waals surface area contributed by atoms with Crippen LogP contribution in [0, 0.1) is 0 Å². The number of methoxy groups -OCH3 is 1. The summed E-state index contributed by atoms with van der Waals surface area (Å²) in [4.78, 5) is 23.9. The summed E-state index contributed by atoms with van der Waals surface area (Å²) < 4.78 is 5.40. The maximum Gasteiger partial charge on any atom is 0.209 e. The normalized spacial score (nSPS) is 15.9. The lowest BCUT2D eigenvalue weighted by Gasteiger charge is -2.32. The maximum atomic E-state index is 10.8. The highest BCUT2D eigenvalue weighted by Gasteiger charge is 2.20. The summed E-state index contributed by atoms with van der Waals surface area (Å²) in [5.74, 6) is 2.06. The van der Waals surface area contributed by atoms with E-state index in [1.807, 2.05) is 24.3 Å². The van der Waals surface area contributed by atoms with E-state index < -0.39 is 0 Å². The lowest BCUT2D eigenvalue weighted by atomic mass is 10.0. The van der Waals surface area contributed by atoms with Crippen molar-refractivity contribution in [3.05, 3.63) is 41.2 Å². The van der Waals surface area contributed by atoms with Gasteiger partial charge in [0, 0.05) is 38.2 Å². The molecule has 0 spiro atoms. The molecule has 1 unspecified atom stereocenters. The number of rotatable bonds is 8. The zero-order valence-electron chi connectivity index (χ0n) is 16.6. The summed E-state index contributed by atoms with van der Waals surface area (Å²) in [6.07, 6.45) is 2.18. The predicted molar refractivity (Wildman–Crippen MR) is 117 cm³/mol. The van der Waals surface area contributed by atoms with Crippen molar-refractivity contribution in [2.24, 2.45) is 0 Å².